The van der Waals surface area contributed by atoms with Crippen LogP contribution < -0.4 is 14.8 Å². The van der Waals surface area contributed by atoms with Crippen molar-refractivity contribution >= 4 is 5.91 Å². The molecule has 2 aromatic carbocycles. The van der Waals surface area contributed by atoms with Crippen LogP contribution in [0.1, 0.15) is 18.1 Å². The Balaban J connectivity index is 1.91. The van der Waals surface area contributed by atoms with Crippen molar-refractivity contribution in [3.05, 3.63) is 59.7 Å². The Bertz CT molecular complexity index is 705. The summed E-state index contributed by atoms with van der Waals surface area (Å²) < 4.78 is 10.7. The summed E-state index contributed by atoms with van der Waals surface area (Å²) in [5.74, 6) is 0.931. The first-order valence-corrected chi connectivity index (χ1v) is 7.20. The zero-order valence-electron chi connectivity index (χ0n) is 13.1. The van der Waals surface area contributed by atoms with E-state index in [9.17, 15) is 4.79 Å². The summed E-state index contributed by atoms with van der Waals surface area (Å²) in [5, 5.41) is 11.8. The first-order chi connectivity index (χ1) is 11.1. The molecule has 1 N–H and O–H groups in total. The number of nitriles is 1. The largest absolute Gasteiger partial charge is 0.497 e. The number of hydrogen-bond donors (Lipinski definition) is 1. The molecule has 0 bridgehead atoms. The summed E-state index contributed by atoms with van der Waals surface area (Å²) in [6.07, 6.45) is -0.692. The highest BCUT2D eigenvalue weighted by atomic mass is 16.5. The maximum absolute atomic E-state index is 12.1. The van der Waals surface area contributed by atoms with Gasteiger partial charge in [-0.2, -0.15) is 5.26 Å². The molecule has 0 aliphatic heterocycles. The third-order valence-corrected chi connectivity index (χ3v) is 3.31. The van der Waals surface area contributed by atoms with Crippen LogP contribution in [-0.4, -0.2) is 19.1 Å². The van der Waals surface area contributed by atoms with E-state index in [1.54, 1.807) is 38.3 Å². The highest BCUT2D eigenvalue weighted by Crippen LogP contribution is 2.18. The molecule has 118 valence electrons. The van der Waals surface area contributed by atoms with Gasteiger partial charge < -0.3 is 14.8 Å². The van der Waals surface area contributed by atoms with E-state index < -0.39 is 6.10 Å². The summed E-state index contributed by atoms with van der Waals surface area (Å²) in [5.41, 5.74) is 1.37. The van der Waals surface area contributed by atoms with E-state index in [2.05, 4.69) is 5.32 Å². The van der Waals surface area contributed by atoms with Crippen molar-refractivity contribution in [2.75, 3.05) is 7.11 Å². The molecule has 1 amide bonds. The van der Waals surface area contributed by atoms with E-state index in [-0.39, 0.29) is 5.91 Å². The zero-order valence-corrected chi connectivity index (χ0v) is 13.1. The summed E-state index contributed by atoms with van der Waals surface area (Å²) in [6, 6.07) is 16.3. The quantitative estimate of drug-likeness (QED) is 0.890. The van der Waals surface area contributed by atoms with Gasteiger partial charge in [0.05, 0.1) is 12.7 Å². The van der Waals surface area contributed by atoms with Crippen molar-refractivity contribution in [1.29, 1.82) is 5.26 Å². The molecule has 0 radical (unpaired) electrons. The molecule has 1 atom stereocenters. The van der Waals surface area contributed by atoms with E-state index in [1.165, 1.54) is 0 Å². The third kappa shape index (κ3) is 4.48. The van der Waals surface area contributed by atoms with Crippen molar-refractivity contribution in [3.63, 3.8) is 0 Å². The normalized spacial score (nSPS) is 11.2. The monoisotopic (exact) mass is 310 g/mol. The van der Waals surface area contributed by atoms with Crippen LogP contribution in [0.25, 0.3) is 0 Å². The van der Waals surface area contributed by atoms with Crippen LogP contribution in [0.2, 0.25) is 0 Å². The van der Waals surface area contributed by atoms with Gasteiger partial charge in [0.25, 0.3) is 5.91 Å². The van der Waals surface area contributed by atoms with E-state index in [0.29, 0.717) is 17.9 Å². The van der Waals surface area contributed by atoms with Crippen molar-refractivity contribution in [3.8, 4) is 17.6 Å². The van der Waals surface area contributed by atoms with Crippen LogP contribution in [0.15, 0.2) is 48.5 Å². The molecule has 0 spiro atoms. The Hall–Kier alpha value is -3.00. The first-order valence-electron chi connectivity index (χ1n) is 7.20. The fourth-order valence-corrected chi connectivity index (χ4v) is 1.98. The second kappa shape index (κ2) is 7.85. The van der Waals surface area contributed by atoms with Crippen LogP contribution in [0, 0.1) is 11.3 Å². The minimum Gasteiger partial charge on any atom is -0.497 e. The molecule has 0 aliphatic carbocycles. The lowest BCUT2D eigenvalue weighted by atomic mass is 10.2. The molecule has 23 heavy (non-hydrogen) atoms. The van der Waals surface area contributed by atoms with Gasteiger partial charge in [-0.25, -0.2) is 0 Å². The molecule has 0 fully saturated rings. The van der Waals surface area contributed by atoms with Gasteiger partial charge in [-0.3, -0.25) is 4.79 Å². The molecule has 5 heteroatoms. The molecule has 0 aliphatic rings. The molecule has 5 nitrogen and oxygen atoms in total. The Morgan fingerprint density at radius 1 is 1.22 bits per heavy atom. The highest BCUT2D eigenvalue weighted by Gasteiger charge is 2.15. The molecular formula is C18H18N2O3. The predicted octanol–water partition coefficient (Wildman–Crippen LogP) is 2.65. The lowest BCUT2D eigenvalue weighted by molar-refractivity contribution is -0.127. The topological polar surface area (TPSA) is 71.3 Å². The molecule has 0 saturated heterocycles. The van der Waals surface area contributed by atoms with Gasteiger partial charge in [0, 0.05) is 6.54 Å². The average Bonchev–Trinajstić information content (AvgIpc) is 2.60. The fraction of sp³-hybridized carbons (Fsp3) is 0.222. The maximum atomic E-state index is 12.1. The smallest absolute Gasteiger partial charge is 0.261 e. The van der Waals surface area contributed by atoms with E-state index in [0.717, 1.165) is 11.3 Å². The molecule has 1 unspecified atom stereocenters. The molecule has 2 aromatic rings. The molecule has 0 heterocycles. The fourth-order valence-electron chi connectivity index (χ4n) is 1.98. The van der Waals surface area contributed by atoms with Gasteiger partial charge in [0.2, 0.25) is 0 Å². The number of hydrogen-bond acceptors (Lipinski definition) is 4. The number of nitrogens with one attached hydrogen (secondary N) is 1. The van der Waals surface area contributed by atoms with Gasteiger partial charge in [-0.15, -0.1) is 0 Å². The van der Waals surface area contributed by atoms with Gasteiger partial charge in [-0.1, -0.05) is 24.3 Å². The third-order valence-electron chi connectivity index (χ3n) is 3.31. The van der Waals surface area contributed by atoms with E-state index in [4.69, 9.17) is 14.7 Å². The Kier molecular flexibility index (Phi) is 5.59. The highest BCUT2D eigenvalue weighted by molar-refractivity contribution is 5.80. The molecular weight excluding hydrogens is 292 g/mol. The first kappa shape index (κ1) is 16.4. The van der Waals surface area contributed by atoms with Crippen LogP contribution in [0.5, 0.6) is 11.5 Å². The number of rotatable bonds is 6. The molecule has 0 aromatic heterocycles. The van der Waals surface area contributed by atoms with Crippen LogP contribution in [0.4, 0.5) is 0 Å². The number of methoxy groups -OCH3 is 1. The van der Waals surface area contributed by atoms with Gasteiger partial charge >= 0.3 is 0 Å². The van der Waals surface area contributed by atoms with Gasteiger partial charge in [0.1, 0.15) is 17.6 Å². The minimum absolute atomic E-state index is 0.242. The predicted molar refractivity (Wildman–Crippen MR) is 86.1 cm³/mol. The zero-order chi connectivity index (χ0) is 16.7. The van der Waals surface area contributed by atoms with Crippen molar-refractivity contribution in [2.45, 2.75) is 19.6 Å². The minimum atomic E-state index is -0.692. The number of amides is 1. The summed E-state index contributed by atoms with van der Waals surface area (Å²) in [6.45, 7) is 2.05. The number of ether oxygens (including phenoxy) is 2. The molecule has 2 rings (SSSR count). The number of carbonyl (C=O) groups is 1. The molecule has 0 saturated carbocycles. The summed E-state index contributed by atoms with van der Waals surface area (Å²) >= 11 is 0. The van der Waals surface area contributed by atoms with Crippen LogP contribution in [-0.2, 0) is 11.3 Å². The standard InChI is InChI=1S/C18H18N2O3/c1-13(23-17-6-4-3-5-15(17)11-19)18(21)20-12-14-7-9-16(22-2)10-8-14/h3-10,13H,12H2,1-2H3,(H,20,21). The number of para-hydroxylation sites is 1. The van der Waals surface area contributed by atoms with E-state index in [1.807, 2.05) is 30.3 Å². The Morgan fingerprint density at radius 3 is 2.57 bits per heavy atom. The lowest BCUT2D eigenvalue weighted by Gasteiger charge is -2.15. The SMILES string of the molecule is COc1ccc(CNC(=O)C(C)Oc2ccccc2C#N)cc1. The summed E-state index contributed by atoms with van der Waals surface area (Å²) in [4.78, 5) is 12.1. The Morgan fingerprint density at radius 2 is 1.91 bits per heavy atom. The number of benzene rings is 2. The lowest BCUT2D eigenvalue weighted by Crippen LogP contribution is -2.36. The van der Waals surface area contributed by atoms with Gasteiger partial charge in [-0.05, 0) is 36.8 Å². The van der Waals surface area contributed by atoms with Crippen LogP contribution in [0.3, 0.4) is 0 Å². The van der Waals surface area contributed by atoms with Crippen molar-refractivity contribution in [2.24, 2.45) is 0 Å². The van der Waals surface area contributed by atoms with Gasteiger partial charge in [0.15, 0.2) is 6.10 Å². The summed E-state index contributed by atoms with van der Waals surface area (Å²) in [7, 11) is 1.61. The number of carbonyl (C=O) groups excluding carboxylic acids is 1. The van der Waals surface area contributed by atoms with Crippen molar-refractivity contribution < 1.29 is 14.3 Å². The maximum Gasteiger partial charge on any atom is 0.261 e. The number of nitrogens with zero attached hydrogens (tertiary/aromatic N) is 1. The van der Waals surface area contributed by atoms with Crippen molar-refractivity contribution in [1.82, 2.24) is 5.32 Å². The van der Waals surface area contributed by atoms with Crippen LogP contribution >= 0.6 is 0 Å². The Labute approximate surface area is 135 Å². The second-order valence-electron chi connectivity index (χ2n) is 4.93. The second-order valence-corrected chi connectivity index (χ2v) is 4.93. The van der Waals surface area contributed by atoms with E-state index >= 15 is 0 Å². The average molecular weight is 310 g/mol.